The summed E-state index contributed by atoms with van der Waals surface area (Å²) in [5.74, 6) is -2.15. The molecule has 1 aromatic heterocycles. The number of carbonyl (C=O) groups excluding carboxylic acids is 2. The Hall–Kier alpha value is -2.74. The van der Waals surface area contributed by atoms with Crippen molar-refractivity contribution in [2.75, 3.05) is 16.8 Å². The number of amides is 2. The van der Waals surface area contributed by atoms with Gasteiger partial charge in [-0.2, -0.15) is 0 Å². The first-order valence-corrected chi connectivity index (χ1v) is 9.25. The standard InChI is InChI=1S/C20H20ClF2N3O3/c1-20(2,3)29-19(28)26-16(8-11-6-5-7-24-17(11)26)18(27)25(4)15-9-12(21)13(22)10-14(15)23/h5-7,9-10,16H,8H2,1-4H3. The van der Waals surface area contributed by atoms with Crippen molar-refractivity contribution in [1.29, 1.82) is 0 Å². The predicted octanol–water partition coefficient (Wildman–Crippen LogP) is 4.34. The van der Waals surface area contributed by atoms with E-state index >= 15 is 0 Å². The van der Waals surface area contributed by atoms with E-state index in [9.17, 15) is 18.4 Å². The molecule has 0 spiro atoms. The first-order chi connectivity index (χ1) is 13.5. The number of hydrogen-bond donors (Lipinski definition) is 0. The summed E-state index contributed by atoms with van der Waals surface area (Å²) in [6.45, 7) is 5.12. The highest BCUT2D eigenvalue weighted by Crippen LogP contribution is 2.34. The minimum absolute atomic E-state index is 0.183. The summed E-state index contributed by atoms with van der Waals surface area (Å²) in [5, 5.41) is -0.318. The molecule has 2 heterocycles. The van der Waals surface area contributed by atoms with Crippen LogP contribution in [0.4, 0.5) is 25.1 Å². The van der Waals surface area contributed by atoms with Crippen LogP contribution < -0.4 is 9.80 Å². The van der Waals surface area contributed by atoms with Gasteiger partial charge in [-0.25, -0.2) is 23.5 Å². The van der Waals surface area contributed by atoms with Crippen LogP contribution in [0.2, 0.25) is 5.02 Å². The average Bonchev–Trinajstić information content (AvgIpc) is 3.01. The molecule has 0 saturated heterocycles. The second-order valence-electron chi connectivity index (χ2n) is 7.67. The molecular formula is C20H20ClF2N3O3. The molecule has 1 aliphatic heterocycles. The summed E-state index contributed by atoms with van der Waals surface area (Å²) in [6.07, 6.45) is 0.952. The number of nitrogens with zero attached hydrogens (tertiary/aromatic N) is 3. The van der Waals surface area contributed by atoms with Crippen molar-refractivity contribution in [3.8, 4) is 0 Å². The predicted molar refractivity (Wildman–Crippen MR) is 105 cm³/mol. The third-order valence-corrected chi connectivity index (χ3v) is 4.67. The molecule has 0 radical (unpaired) electrons. The van der Waals surface area contributed by atoms with Crippen molar-refractivity contribution in [2.24, 2.45) is 0 Å². The van der Waals surface area contributed by atoms with E-state index in [-0.39, 0.29) is 17.1 Å². The fourth-order valence-electron chi connectivity index (χ4n) is 3.09. The maximum atomic E-state index is 14.3. The van der Waals surface area contributed by atoms with E-state index in [0.29, 0.717) is 17.4 Å². The van der Waals surface area contributed by atoms with Crippen LogP contribution in [0.1, 0.15) is 26.3 Å². The van der Waals surface area contributed by atoms with Crippen LogP contribution in [0.5, 0.6) is 0 Å². The fraction of sp³-hybridized carbons (Fsp3) is 0.350. The van der Waals surface area contributed by atoms with E-state index < -0.39 is 35.3 Å². The molecule has 0 N–H and O–H groups in total. The van der Waals surface area contributed by atoms with Crippen LogP contribution in [0.25, 0.3) is 0 Å². The van der Waals surface area contributed by atoms with Crippen molar-refractivity contribution >= 4 is 35.1 Å². The van der Waals surface area contributed by atoms with Gasteiger partial charge in [-0.05, 0) is 38.5 Å². The van der Waals surface area contributed by atoms with E-state index in [0.717, 1.165) is 11.0 Å². The molecule has 154 valence electrons. The number of halogens is 3. The Kier molecular flexibility index (Phi) is 5.49. The van der Waals surface area contributed by atoms with Gasteiger partial charge in [0.15, 0.2) is 0 Å². The summed E-state index contributed by atoms with van der Waals surface area (Å²) in [4.78, 5) is 32.4. The summed E-state index contributed by atoms with van der Waals surface area (Å²) < 4.78 is 33.2. The summed E-state index contributed by atoms with van der Waals surface area (Å²) in [7, 11) is 1.33. The number of aromatic nitrogens is 1. The van der Waals surface area contributed by atoms with E-state index in [1.54, 1.807) is 32.9 Å². The number of fused-ring (bicyclic) bond motifs is 1. The molecular weight excluding hydrogens is 404 g/mol. The number of rotatable bonds is 2. The van der Waals surface area contributed by atoms with Crippen LogP contribution in [0, 0.1) is 11.6 Å². The van der Waals surface area contributed by atoms with Crippen LogP contribution in [-0.2, 0) is 16.0 Å². The molecule has 0 fully saturated rings. The lowest BCUT2D eigenvalue weighted by molar-refractivity contribution is -0.119. The average molecular weight is 424 g/mol. The van der Waals surface area contributed by atoms with Gasteiger partial charge in [0.2, 0.25) is 0 Å². The molecule has 29 heavy (non-hydrogen) atoms. The summed E-state index contributed by atoms with van der Waals surface area (Å²) >= 11 is 5.74. The van der Waals surface area contributed by atoms with Crippen LogP contribution in [0.3, 0.4) is 0 Å². The summed E-state index contributed by atoms with van der Waals surface area (Å²) in [6, 6.07) is 4.09. The molecule has 2 amide bonds. The zero-order valence-electron chi connectivity index (χ0n) is 16.4. The second-order valence-corrected chi connectivity index (χ2v) is 8.08. The Morgan fingerprint density at radius 3 is 2.62 bits per heavy atom. The van der Waals surface area contributed by atoms with Crippen LogP contribution >= 0.6 is 11.6 Å². The van der Waals surface area contributed by atoms with Gasteiger partial charge in [-0.3, -0.25) is 4.79 Å². The largest absolute Gasteiger partial charge is 0.443 e. The molecule has 1 aromatic carbocycles. The van der Waals surface area contributed by atoms with Gasteiger partial charge in [0.05, 0.1) is 10.7 Å². The van der Waals surface area contributed by atoms with Crippen molar-refractivity contribution in [1.82, 2.24) is 4.98 Å². The highest BCUT2D eigenvalue weighted by molar-refractivity contribution is 6.31. The number of hydrogen-bond acceptors (Lipinski definition) is 4. The Balaban J connectivity index is 1.96. The SMILES string of the molecule is CN(C(=O)C1Cc2cccnc2N1C(=O)OC(C)(C)C)c1cc(Cl)c(F)cc1F. The molecule has 3 rings (SSSR count). The first-order valence-electron chi connectivity index (χ1n) is 8.88. The molecule has 0 aliphatic carbocycles. The molecule has 1 atom stereocenters. The van der Waals surface area contributed by atoms with Gasteiger partial charge >= 0.3 is 6.09 Å². The van der Waals surface area contributed by atoms with Gasteiger partial charge in [-0.1, -0.05) is 17.7 Å². The molecule has 1 unspecified atom stereocenters. The fourth-order valence-corrected chi connectivity index (χ4v) is 3.25. The van der Waals surface area contributed by atoms with Crippen molar-refractivity contribution < 1.29 is 23.1 Å². The zero-order chi connectivity index (χ0) is 21.5. The zero-order valence-corrected chi connectivity index (χ0v) is 17.1. The lowest BCUT2D eigenvalue weighted by Crippen LogP contribution is -2.50. The molecule has 0 bridgehead atoms. The number of pyridine rings is 1. The molecule has 9 heteroatoms. The molecule has 1 aliphatic rings. The first kappa shape index (κ1) is 21.0. The normalized spacial score (nSPS) is 15.8. The highest BCUT2D eigenvalue weighted by atomic mass is 35.5. The van der Waals surface area contributed by atoms with Crippen molar-refractivity contribution in [3.05, 3.63) is 52.7 Å². The smallest absolute Gasteiger partial charge is 0.416 e. The van der Waals surface area contributed by atoms with Crippen molar-refractivity contribution in [2.45, 2.75) is 38.8 Å². The van der Waals surface area contributed by atoms with E-state index in [4.69, 9.17) is 16.3 Å². The number of likely N-dealkylation sites (N-methyl/N-ethyl adjacent to an activating group) is 1. The Morgan fingerprint density at radius 2 is 1.97 bits per heavy atom. The van der Waals surface area contributed by atoms with E-state index in [2.05, 4.69) is 4.98 Å². The second kappa shape index (κ2) is 7.59. The molecule has 0 saturated carbocycles. The molecule has 2 aromatic rings. The maximum Gasteiger partial charge on any atom is 0.416 e. The minimum atomic E-state index is -0.997. The Labute approximate surface area is 172 Å². The van der Waals surface area contributed by atoms with Gasteiger partial charge in [0.25, 0.3) is 5.91 Å². The number of carbonyl (C=O) groups is 2. The minimum Gasteiger partial charge on any atom is -0.443 e. The number of benzene rings is 1. The maximum absolute atomic E-state index is 14.3. The van der Waals surface area contributed by atoms with Gasteiger partial charge in [-0.15, -0.1) is 0 Å². The third kappa shape index (κ3) is 4.17. The van der Waals surface area contributed by atoms with Gasteiger partial charge in [0, 0.05) is 25.7 Å². The Bertz CT molecular complexity index is 978. The summed E-state index contributed by atoms with van der Waals surface area (Å²) in [5.41, 5.74) is -0.304. The molecule has 6 nitrogen and oxygen atoms in total. The third-order valence-electron chi connectivity index (χ3n) is 4.38. The van der Waals surface area contributed by atoms with Gasteiger partial charge in [0.1, 0.15) is 29.1 Å². The van der Waals surface area contributed by atoms with E-state index in [1.165, 1.54) is 18.1 Å². The lowest BCUT2D eigenvalue weighted by Gasteiger charge is -2.30. The number of anilines is 2. The van der Waals surface area contributed by atoms with Gasteiger partial charge < -0.3 is 9.64 Å². The lowest BCUT2D eigenvalue weighted by atomic mass is 10.1. The highest BCUT2D eigenvalue weighted by Gasteiger charge is 2.43. The van der Waals surface area contributed by atoms with Crippen LogP contribution in [-0.4, -0.2) is 35.7 Å². The monoisotopic (exact) mass is 423 g/mol. The number of ether oxygens (including phenoxy) is 1. The van der Waals surface area contributed by atoms with Crippen molar-refractivity contribution in [3.63, 3.8) is 0 Å². The van der Waals surface area contributed by atoms with Crippen LogP contribution in [0.15, 0.2) is 30.5 Å². The Morgan fingerprint density at radius 1 is 1.28 bits per heavy atom. The topological polar surface area (TPSA) is 62.7 Å². The van der Waals surface area contributed by atoms with E-state index in [1.807, 2.05) is 0 Å². The quantitative estimate of drug-likeness (QED) is 0.674.